The number of anilines is 1. The van der Waals surface area contributed by atoms with Crippen molar-refractivity contribution in [3.8, 4) is 5.69 Å². The quantitative estimate of drug-likeness (QED) is 0.412. The van der Waals surface area contributed by atoms with Crippen molar-refractivity contribution in [2.75, 3.05) is 4.90 Å². The molecule has 4 aromatic rings. The summed E-state index contributed by atoms with van der Waals surface area (Å²) < 4.78 is 1.62. The smallest absolute Gasteiger partial charge is 0.266 e. The fourth-order valence-corrected chi connectivity index (χ4v) is 6.78. The molecule has 0 unspecified atom stereocenters. The van der Waals surface area contributed by atoms with Crippen LogP contribution in [0.15, 0.2) is 77.6 Å². The van der Waals surface area contributed by atoms with Crippen molar-refractivity contribution < 1.29 is 9.59 Å². The molecular formula is C29H23ClN4O3. The highest BCUT2D eigenvalue weighted by Crippen LogP contribution is 2.56. The highest BCUT2D eigenvalue weighted by atomic mass is 35.5. The first-order valence-electron chi connectivity index (χ1n) is 12.4. The lowest BCUT2D eigenvalue weighted by molar-refractivity contribution is -0.123. The van der Waals surface area contributed by atoms with E-state index in [-0.39, 0.29) is 29.3 Å². The molecule has 0 saturated carbocycles. The number of hydrogen-bond donors (Lipinski definition) is 1. The normalized spacial score (nSPS) is 25.8. The lowest BCUT2D eigenvalue weighted by Crippen LogP contribution is -2.51. The van der Waals surface area contributed by atoms with Crippen molar-refractivity contribution in [3.05, 3.63) is 99.6 Å². The molecule has 8 heteroatoms. The molecule has 1 spiro atoms. The van der Waals surface area contributed by atoms with Gasteiger partial charge in [0.2, 0.25) is 11.8 Å². The third-order valence-corrected chi connectivity index (χ3v) is 8.32. The topological polar surface area (TPSA) is 84.3 Å². The third-order valence-electron chi connectivity index (χ3n) is 8.08. The number of rotatable bonds is 2. The number of carbonyl (C=O) groups is 2. The average Bonchev–Trinajstić information content (AvgIpc) is 3.48. The summed E-state index contributed by atoms with van der Waals surface area (Å²) in [6.07, 6.45) is 0. The van der Waals surface area contributed by atoms with E-state index in [1.165, 1.54) is 4.90 Å². The summed E-state index contributed by atoms with van der Waals surface area (Å²) in [5.41, 5.74) is 1.13. The molecule has 0 bridgehead atoms. The van der Waals surface area contributed by atoms with E-state index in [2.05, 4.69) is 5.32 Å². The highest BCUT2D eigenvalue weighted by Gasteiger charge is 2.70. The van der Waals surface area contributed by atoms with E-state index in [9.17, 15) is 14.4 Å². The standard InChI is InChI=1S/C29H23ClN4O3/c1-15(2)24-22-23(27(37)33(26(22)36)17-9-7-8-16(30)14-17)29(32-24)19-11-4-6-13-21(19)34-25(35)18-10-3-5-12-20(18)31-28(29)34/h3-15,22-24,32H,1-2H3/t22-,23-,24+,29-/m1/s1. The largest absolute Gasteiger partial charge is 0.296 e. The zero-order chi connectivity index (χ0) is 25.6. The Labute approximate surface area is 217 Å². The third kappa shape index (κ3) is 2.76. The van der Waals surface area contributed by atoms with E-state index < -0.39 is 17.4 Å². The monoisotopic (exact) mass is 510 g/mol. The van der Waals surface area contributed by atoms with Crippen molar-refractivity contribution in [3.63, 3.8) is 0 Å². The number of carbonyl (C=O) groups excluding carboxylic acids is 2. The summed E-state index contributed by atoms with van der Waals surface area (Å²) in [5, 5.41) is 4.65. The number of aromatic nitrogens is 2. The van der Waals surface area contributed by atoms with Gasteiger partial charge in [0.25, 0.3) is 5.56 Å². The van der Waals surface area contributed by atoms with Crippen molar-refractivity contribution in [2.45, 2.75) is 25.4 Å². The maximum Gasteiger partial charge on any atom is 0.266 e. The molecule has 0 radical (unpaired) electrons. The molecule has 4 atom stereocenters. The molecule has 4 heterocycles. The number of fused-ring (bicyclic) bond motifs is 8. The number of benzene rings is 3. The Morgan fingerprint density at radius 3 is 2.49 bits per heavy atom. The van der Waals surface area contributed by atoms with Crippen LogP contribution in [-0.2, 0) is 15.1 Å². The Morgan fingerprint density at radius 1 is 0.946 bits per heavy atom. The summed E-state index contributed by atoms with van der Waals surface area (Å²) in [7, 11) is 0. The first-order valence-corrected chi connectivity index (χ1v) is 12.8. The molecule has 7 rings (SSSR count). The van der Waals surface area contributed by atoms with Gasteiger partial charge in [-0.3, -0.25) is 24.3 Å². The number of imide groups is 1. The van der Waals surface area contributed by atoms with Crippen LogP contribution in [0.2, 0.25) is 5.02 Å². The van der Waals surface area contributed by atoms with Gasteiger partial charge in [-0.2, -0.15) is 0 Å². The second-order valence-electron chi connectivity index (χ2n) is 10.3. The van der Waals surface area contributed by atoms with Gasteiger partial charge in [-0.15, -0.1) is 0 Å². The van der Waals surface area contributed by atoms with Gasteiger partial charge in [-0.25, -0.2) is 9.88 Å². The van der Waals surface area contributed by atoms with Gasteiger partial charge in [0.05, 0.1) is 34.1 Å². The second kappa shape index (κ2) is 7.60. The SMILES string of the molecule is CC(C)[C@@H]1N[C@]2(c3ccccc3-n3c2nc2ccccc2c3=O)[C@H]2C(=O)N(c3cccc(Cl)c3)C(=O)[C@@H]12. The van der Waals surface area contributed by atoms with Gasteiger partial charge in [-0.05, 0) is 42.3 Å². The molecule has 3 aliphatic heterocycles. The minimum Gasteiger partial charge on any atom is -0.296 e. The fourth-order valence-electron chi connectivity index (χ4n) is 6.59. The molecule has 2 amide bonds. The van der Waals surface area contributed by atoms with Gasteiger partial charge < -0.3 is 0 Å². The second-order valence-corrected chi connectivity index (χ2v) is 10.8. The molecule has 2 saturated heterocycles. The van der Waals surface area contributed by atoms with Crippen LogP contribution in [0.25, 0.3) is 16.6 Å². The Bertz CT molecular complexity index is 1710. The van der Waals surface area contributed by atoms with Gasteiger partial charge in [0, 0.05) is 16.6 Å². The van der Waals surface area contributed by atoms with E-state index in [1.54, 1.807) is 41.0 Å². The number of hydrogen-bond acceptors (Lipinski definition) is 5. The Morgan fingerprint density at radius 2 is 1.70 bits per heavy atom. The predicted octanol–water partition coefficient (Wildman–Crippen LogP) is 4.03. The maximum atomic E-state index is 14.3. The van der Waals surface area contributed by atoms with Crippen LogP contribution in [0, 0.1) is 17.8 Å². The van der Waals surface area contributed by atoms with Crippen molar-refractivity contribution >= 4 is 40.0 Å². The molecule has 2 fully saturated rings. The number of nitrogens with one attached hydrogen (secondary N) is 1. The minimum absolute atomic E-state index is 0.0383. The zero-order valence-corrected chi connectivity index (χ0v) is 20.9. The maximum absolute atomic E-state index is 14.3. The van der Waals surface area contributed by atoms with Gasteiger partial charge >= 0.3 is 0 Å². The van der Waals surface area contributed by atoms with Gasteiger partial charge in [0.15, 0.2) is 0 Å². The molecule has 1 N–H and O–H groups in total. The Balaban J connectivity index is 1.54. The van der Waals surface area contributed by atoms with Crippen LogP contribution in [0.4, 0.5) is 5.69 Å². The Kier molecular flexibility index (Phi) is 4.60. The first kappa shape index (κ1) is 22.4. The summed E-state index contributed by atoms with van der Waals surface area (Å²) in [4.78, 5) is 48.4. The molecule has 0 aliphatic carbocycles. The summed E-state index contributed by atoms with van der Waals surface area (Å²) in [6, 6.07) is 21.3. The highest BCUT2D eigenvalue weighted by molar-refractivity contribution is 6.31. The summed E-state index contributed by atoms with van der Waals surface area (Å²) >= 11 is 6.24. The zero-order valence-electron chi connectivity index (χ0n) is 20.2. The fraction of sp³-hybridized carbons (Fsp3) is 0.241. The lowest BCUT2D eigenvalue weighted by Gasteiger charge is -2.32. The molecule has 37 heavy (non-hydrogen) atoms. The van der Waals surface area contributed by atoms with E-state index in [1.807, 2.05) is 50.2 Å². The van der Waals surface area contributed by atoms with Crippen LogP contribution in [-0.4, -0.2) is 27.4 Å². The molecule has 3 aromatic carbocycles. The summed E-state index contributed by atoms with van der Waals surface area (Å²) in [5.74, 6) is -1.51. The van der Waals surface area contributed by atoms with Crippen LogP contribution in [0.5, 0.6) is 0 Å². The number of halogens is 1. The summed E-state index contributed by atoms with van der Waals surface area (Å²) in [6.45, 7) is 4.07. The van der Waals surface area contributed by atoms with Gasteiger partial charge in [-0.1, -0.05) is 61.8 Å². The van der Waals surface area contributed by atoms with Crippen molar-refractivity contribution in [2.24, 2.45) is 17.8 Å². The first-order chi connectivity index (χ1) is 17.8. The number of nitrogens with zero attached hydrogens (tertiary/aromatic N) is 3. The molecule has 7 nitrogen and oxygen atoms in total. The van der Waals surface area contributed by atoms with Crippen LogP contribution >= 0.6 is 11.6 Å². The predicted molar refractivity (Wildman–Crippen MR) is 141 cm³/mol. The van der Waals surface area contributed by atoms with E-state index in [4.69, 9.17) is 16.6 Å². The van der Waals surface area contributed by atoms with Crippen molar-refractivity contribution in [1.29, 1.82) is 0 Å². The molecule has 184 valence electrons. The van der Waals surface area contributed by atoms with E-state index in [0.717, 1.165) is 5.56 Å². The van der Waals surface area contributed by atoms with Crippen LogP contribution in [0.3, 0.4) is 0 Å². The lowest BCUT2D eigenvalue weighted by atomic mass is 9.75. The molecular weight excluding hydrogens is 488 g/mol. The van der Waals surface area contributed by atoms with E-state index in [0.29, 0.717) is 33.1 Å². The average molecular weight is 511 g/mol. The number of para-hydroxylation sites is 2. The van der Waals surface area contributed by atoms with E-state index >= 15 is 0 Å². The van der Waals surface area contributed by atoms with Crippen LogP contribution < -0.4 is 15.8 Å². The Hall–Kier alpha value is -3.81. The molecule has 3 aliphatic rings. The van der Waals surface area contributed by atoms with Crippen molar-refractivity contribution in [1.82, 2.24) is 14.9 Å². The van der Waals surface area contributed by atoms with Crippen LogP contribution in [0.1, 0.15) is 25.2 Å². The molecule has 1 aromatic heterocycles. The van der Waals surface area contributed by atoms with Gasteiger partial charge in [0.1, 0.15) is 11.4 Å². The minimum atomic E-state index is -1.14. The number of amides is 2.